The summed E-state index contributed by atoms with van der Waals surface area (Å²) in [5, 5.41) is 5.46. The van der Waals surface area contributed by atoms with Crippen LogP contribution >= 0.6 is 0 Å². The molecule has 1 rings (SSSR count). The summed E-state index contributed by atoms with van der Waals surface area (Å²) in [6.45, 7) is 7.75. The molecular weight excluding hydrogens is 252 g/mol. The standard InChI is InChI=1S/C16H24N2O2/c1-12(13-8-6-5-7-9-13)10-14(19)17-11-15(20)18-16(2,3)4/h5-9,12H,10-11H2,1-4H3,(H,17,19)(H,18,20). The maximum atomic E-state index is 11.8. The lowest BCUT2D eigenvalue weighted by Gasteiger charge is -2.20. The van der Waals surface area contributed by atoms with Crippen molar-refractivity contribution in [3.8, 4) is 0 Å². The average molecular weight is 276 g/mol. The second-order valence-electron chi connectivity index (χ2n) is 6.09. The number of rotatable bonds is 5. The molecule has 0 saturated carbocycles. The summed E-state index contributed by atoms with van der Waals surface area (Å²) >= 11 is 0. The Kier molecular flexibility index (Phi) is 5.74. The van der Waals surface area contributed by atoms with Gasteiger partial charge in [-0.2, -0.15) is 0 Å². The van der Waals surface area contributed by atoms with Crippen LogP contribution in [0.5, 0.6) is 0 Å². The van der Waals surface area contributed by atoms with Crippen molar-refractivity contribution in [1.82, 2.24) is 10.6 Å². The van der Waals surface area contributed by atoms with Crippen LogP contribution in [0.2, 0.25) is 0 Å². The number of hydrogen-bond acceptors (Lipinski definition) is 2. The van der Waals surface area contributed by atoms with Crippen LogP contribution in [0.1, 0.15) is 45.6 Å². The molecule has 4 heteroatoms. The topological polar surface area (TPSA) is 58.2 Å². The molecule has 2 N–H and O–H groups in total. The Morgan fingerprint density at radius 2 is 1.70 bits per heavy atom. The largest absolute Gasteiger partial charge is 0.350 e. The summed E-state index contributed by atoms with van der Waals surface area (Å²) in [7, 11) is 0. The van der Waals surface area contributed by atoms with E-state index >= 15 is 0 Å². The predicted octanol–water partition coefficient (Wildman–Crippen LogP) is 2.21. The van der Waals surface area contributed by atoms with Crippen molar-refractivity contribution in [2.24, 2.45) is 0 Å². The summed E-state index contributed by atoms with van der Waals surface area (Å²) in [5.74, 6) is -0.134. The zero-order valence-corrected chi connectivity index (χ0v) is 12.7. The van der Waals surface area contributed by atoms with E-state index in [0.717, 1.165) is 5.56 Å². The molecule has 0 fully saturated rings. The zero-order chi connectivity index (χ0) is 15.2. The summed E-state index contributed by atoms with van der Waals surface area (Å²) in [5.41, 5.74) is 0.848. The molecule has 2 amide bonds. The highest BCUT2D eigenvalue weighted by molar-refractivity contribution is 5.85. The number of benzene rings is 1. The van der Waals surface area contributed by atoms with E-state index in [2.05, 4.69) is 10.6 Å². The highest BCUT2D eigenvalue weighted by Crippen LogP contribution is 2.17. The predicted molar refractivity (Wildman–Crippen MR) is 80.4 cm³/mol. The van der Waals surface area contributed by atoms with Gasteiger partial charge in [-0.25, -0.2) is 0 Å². The van der Waals surface area contributed by atoms with E-state index in [1.54, 1.807) is 0 Å². The second kappa shape index (κ2) is 7.08. The van der Waals surface area contributed by atoms with Gasteiger partial charge in [-0.05, 0) is 32.3 Å². The van der Waals surface area contributed by atoms with Crippen LogP contribution in [0.3, 0.4) is 0 Å². The van der Waals surface area contributed by atoms with E-state index < -0.39 is 0 Å². The molecule has 0 aromatic heterocycles. The highest BCUT2D eigenvalue weighted by Gasteiger charge is 2.15. The van der Waals surface area contributed by atoms with E-state index in [1.165, 1.54) is 0 Å². The van der Waals surface area contributed by atoms with Crippen LogP contribution < -0.4 is 10.6 Å². The van der Waals surface area contributed by atoms with Crippen molar-refractivity contribution in [2.75, 3.05) is 6.54 Å². The molecule has 4 nitrogen and oxygen atoms in total. The number of carbonyl (C=O) groups excluding carboxylic acids is 2. The lowest BCUT2D eigenvalue weighted by atomic mass is 9.98. The molecule has 1 unspecified atom stereocenters. The van der Waals surface area contributed by atoms with Gasteiger partial charge < -0.3 is 10.6 Å². The van der Waals surface area contributed by atoms with E-state index in [1.807, 2.05) is 58.0 Å². The Morgan fingerprint density at radius 1 is 1.10 bits per heavy atom. The Morgan fingerprint density at radius 3 is 2.25 bits per heavy atom. The second-order valence-corrected chi connectivity index (χ2v) is 6.09. The van der Waals surface area contributed by atoms with Gasteiger partial charge in [-0.15, -0.1) is 0 Å². The van der Waals surface area contributed by atoms with E-state index in [-0.39, 0.29) is 29.8 Å². The maximum absolute atomic E-state index is 11.8. The summed E-state index contributed by atoms with van der Waals surface area (Å²) in [6.07, 6.45) is 0.382. The van der Waals surface area contributed by atoms with Crippen molar-refractivity contribution in [2.45, 2.75) is 45.6 Å². The molecule has 20 heavy (non-hydrogen) atoms. The van der Waals surface area contributed by atoms with Gasteiger partial charge in [0.05, 0.1) is 6.54 Å². The fourth-order valence-corrected chi connectivity index (χ4v) is 1.89. The Bertz CT molecular complexity index is 449. The van der Waals surface area contributed by atoms with Crippen LogP contribution in [-0.2, 0) is 9.59 Å². The minimum Gasteiger partial charge on any atom is -0.350 e. The quantitative estimate of drug-likeness (QED) is 0.866. The molecule has 110 valence electrons. The first kappa shape index (κ1) is 16.2. The van der Waals surface area contributed by atoms with Gasteiger partial charge in [-0.1, -0.05) is 37.3 Å². The lowest BCUT2D eigenvalue weighted by molar-refractivity contribution is -0.127. The van der Waals surface area contributed by atoms with Gasteiger partial charge in [0, 0.05) is 12.0 Å². The SMILES string of the molecule is CC(CC(=O)NCC(=O)NC(C)(C)C)c1ccccc1. The maximum Gasteiger partial charge on any atom is 0.239 e. The van der Waals surface area contributed by atoms with Gasteiger partial charge in [0.2, 0.25) is 11.8 Å². The van der Waals surface area contributed by atoms with Crippen LogP contribution in [0.4, 0.5) is 0 Å². The minimum atomic E-state index is -0.279. The smallest absolute Gasteiger partial charge is 0.239 e. The molecule has 0 heterocycles. The molecule has 0 spiro atoms. The third-order valence-electron chi connectivity index (χ3n) is 2.82. The van der Waals surface area contributed by atoms with Gasteiger partial charge in [0.15, 0.2) is 0 Å². The van der Waals surface area contributed by atoms with Crippen LogP contribution in [0.15, 0.2) is 30.3 Å². The van der Waals surface area contributed by atoms with Crippen LogP contribution in [-0.4, -0.2) is 23.9 Å². The molecular formula is C16H24N2O2. The van der Waals surface area contributed by atoms with Gasteiger partial charge >= 0.3 is 0 Å². The fraction of sp³-hybridized carbons (Fsp3) is 0.500. The summed E-state index contributed by atoms with van der Waals surface area (Å²) < 4.78 is 0. The minimum absolute atomic E-state index is 0.0254. The third-order valence-corrected chi connectivity index (χ3v) is 2.82. The lowest BCUT2D eigenvalue weighted by Crippen LogP contribution is -2.45. The number of amides is 2. The summed E-state index contributed by atoms with van der Waals surface area (Å²) in [4.78, 5) is 23.4. The van der Waals surface area contributed by atoms with Gasteiger partial charge in [0.1, 0.15) is 0 Å². The molecule has 1 atom stereocenters. The molecule has 0 radical (unpaired) electrons. The Balaban J connectivity index is 2.36. The van der Waals surface area contributed by atoms with E-state index in [9.17, 15) is 9.59 Å². The van der Waals surface area contributed by atoms with E-state index in [4.69, 9.17) is 0 Å². The fourth-order valence-electron chi connectivity index (χ4n) is 1.89. The molecule has 0 aliphatic heterocycles. The normalized spacial score (nSPS) is 12.6. The van der Waals surface area contributed by atoms with Crippen molar-refractivity contribution < 1.29 is 9.59 Å². The zero-order valence-electron chi connectivity index (χ0n) is 12.7. The van der Waals surface area contributed by atoms with Gasteiger partial charge in [0.25, 0.3) is 0 Å². The van der Waals surface area contributed by atoms with Crippen molar-refractivity contribution >= 4 is 11.8 Å². The average Bonchev–Trinajstić information content (AvgIpc) is 2.35. The first-order valence-corrected chi connectivity index (χ1v) is 6.90. The molecule has 1 aromatic rings. The van der Waals surface area contributed by atoms with Crippen molar-refractivity contribution in [3.05, 3.63) is 35.9 Å². The first-order chi connectivity index (χ1) is 9.28. The van der Waals surface area contributed by atoms with Crippen molar-refractivity contribution in [3.63, 3.8) is 0 Å². The number of nitrogens with one attached hydrogen (secondary N) is 2. The van der Waals surface area contributed by atoms with Crippen LogP contribution in [0, 0.1) is 0 Å². The molecule has 1 aromatic carbocycles. The number of carbonyl (C=O) groups is 2. The molecule has 0 saturated heterocycles. The Hall–Kier alpha value is -1.84. The first-order valence-electron chi connectivity index (χ1n) is 6.90. The highest BCUT2D eigenvalue weighted by atomic mass is 16.2. The van der Waals surface area contributed by atoms with Crippen LogP contribution in [0.25, 0.3) is 0 Å². The summed E-state index contributed by atoms with van der Waals surface area (Å²) in [6, 6.07) is 9.88. The molecule has 0 aliphatic carbocycles. The van der Waals surface area contributed by atoms with E-state index in [0.29, 0.717) is 6.42 Å². The molecule has 0 aliphatic rings. The van der Waals surface area contributed by atoms with Gasteiger partial charge in [-0.3, -0.25) is 9.59 Å². The molecule has 0 bridgehead atoms. The monoisotopic (exact) mass is 276 g/mol. The Labute approximate surface area is 121 Å². The number of hydrogen-bond donors (Lipinski definition) is 2. The van der Waals surface area contributed by atoms with Crippen molar-refractivity contribution in [1.29, 1.82) is 0 Å². The third kappa shape index (κ3) is 6.36.